The van der Waals surface area contributed by atoms with E-state index >= 15 is 0 Å². The standard InChI is InChI=1S/C9H27O3Si4.C7H21O4Si4.2Rf/c1-14(2,3)10-13(11-15(4,5)6)12-16(7,8)9;1-12-8-13(2,3)10-15(6,7)11-14(4,5)9-12;;/h1-9H3;1-7H3;;. The van der Waals surface area contributed by atoms with E-state index in [0.29, 0.717) is 0 Å². The van der Waals surface area contributed by atoms with E-state index in [1.807, 2.05) is 6.55 Å². The Kier molecular flexibility index (Phi) is 13.9. The van der Waals surface area contributed by atoms with Crippen LogP contribution in [-0.4, -0.2) is 69.4 Å². The molecular formula is C16H48O7Rf2Si8. The van der Waals surface area contributed by atoms with Crippen molar-refractivity contribution in [2.75, 3.05) is 0 Å². The Morgan fingerprint density at radius 3 is 1.00 bits per heavy atom. The maximum absolute atomic E-state index is 6.09. The maximum atomic E-state index is 6.09. The first-order chi connectivity index (χ1) is 13.3. The minimum absolute atomic E-state index is 0. The Hall–Kier alpha value is -0.545. The van der Waals surface area contributed by atoms with Crippen LogP contribution in [0.3, 0.4) is 0 Å². The van der Waals surface area contributed by atoms with Gasteiger partial charge in [0.05, 0.1) is 0 Å². The molecule has 0 atom stereocenters. The van der Waals surface area contributed by atoms with Crippen LogP contribution in [0.4, 0.5) is 0 Å². The van der Waals surface area contributed by atoms with E-state index < -0.39 is 69.4 Å². The predicted octanol–water partition coefficient (Wildman–Crippen LogP) is 5.82. The molecule has 0 amide bonds. The molecule has 0 aromatic carbocycles. The van der Waals surface area contributed by atoms with Gasteiger partial charge in [0.25, 0.3) is 0 Å². The van der Waals surface area contributed by atoms with Crippen LogP contribution in [0.5, 0.6) is 0 Å². The zero-order chi connectivity index (χ0) is 25.1. The van der Waals surface area contributed by atoms with Gasteiger partial charge < -0.3 is 28.8 Å². The maximum Gasteiger partial charge on any atom is 0.544 e. The van der Waals surface area contributed by atoms with Gasteiger partial charge in [0.15, 0.2) is 25.0 Å². The van der Waals surface area contributed by atoms with Crippen molar-refractivity contribution >= 4 is 69.4 Å². The largest absolute Gasteiger partial charge is 0.544 e. The molecule has 17 heteroatoms. The molecule has 0 spiro atoms. The molecule has 1 rings (SSSR count). The Labute approximate surface area is 202 Å². The first-order valence-corrected chi connectivity index (χ1v) is 32.6. The van der Waals surface area contributed by atoms with E-state index in [1.54, 1.807) is 0 Å². The fourth-order valence-corrected chi connectivity index (χ4v) is 27.6. The molecule has 1 heterocycles. The van der Waals surface area contributed by atoms with Gasteiger partial charge in [-0.1, -0.05) is 0 Å². The normalized spacial score (nSPS) is 21.0. The molecule has 1 fully saturated rings. The van der Waals surface area contributed by atoms with E-state index in [9.17, 15) is 0 Å². The summed E-state index contributed by atoms with van der Waals surface area (Å²) >= 11 is 0. The van der Waals surface area contributed by atoms with Crippen molar-refractivity contribution < 1.29 is 28.8 Å². The smallest absolute Gasteiger partial charge is 0.416 e. The first-order valence-electron chi connectivity index (χ1n) is 10.9. The van der Waals surface area contributed by atoms with Crippen LogP contribution < -0.4 is 0 Å². The van der Waals surface area contributed by atoms with Gasteiger partial charge in [-0.2, -0.15) is 0 Å². The van der Waals surface area contributed by atoms with Gasteiger partial charge >= 0.3 is 44.5 Å². The summed E-state index contributed by atoms with van der Waals surface area (Å²) in [5.74, 6) is 0. The molecule has 0 aliphatic carbocycles. The summed E-state index contributed by atoms with van der Waals surface area (Å²) in [6, 6.07) is 0. The van der Waals surface area contributed by atoms with Crippen LogP contribution in [0, 0.1) is 0 Å². The van der Waals surface area contributed by atoms with Gasteiger partial charge in [0.2, 0.25) is 0 Å². The van der Waals surface area contributed by atoms with E-state index in [0.717, 1.165) is 0 Å². The third-order valence-corrected chi connectivity index (χ3v) is 26.4. The first kappa shape index (κ1) is 37.0. The second-order valence-electron chi connectivity index (χ2n) is 12.0. The summed E-state index contributed by atoms with van der Waals surface area (Å²) < 4.78 is 42.2. The molecule has 0 aromatic heterocycles. The summed E-state index contributed by atoms with van der Waals surface area (Å²) in [4.78, 5) is 0. The monoisotopic (exact) mass is 1110 g/mol. The predicted molar refractivity (Wildman–Crippen MR) is 147 cm³/mol. The van der Waals surface area contributed by atoms with E-state index in [1.165, 1.54) is 0 Å². The average Bonchev–Trinajstić information content (AvgIpc) is 2.24. The van der Waals surface area contributed by atoms with Crippen molar-refractivity contribution in [1.29, 1.82) is 0 Å². The minimum Gasteiger partial charge on any atom is -0.416 e. The molecule has 1 aliphatic heterocycles. The number of hydrogen-bond acceptors (Lipinski definition) is 7. The van der Waals surface area contributed by atoms with E-state index in [-0.39, 0.29) is 0 Å². The van der Waals surface area contributed by atoms with Crippen LogP contribution in [-0.2, 0) is 28.8 Å². The molecule has 0 saturated carbocycles. The Balaban J connectivity index is -0.000000515. The van der Waals surface area contributed by atoms with Crippen molar-refractivity contribution in [1.82, 2.24) is 0 Å². The second kappa shape index (κ2) is 12.4. The number of rotatable bonds is 6. The average molecular weight is 1110 g/mol. The summed E-state index contributed by atoms with van der Waals surface area (Å²) in [6.07, 6.45) is 0. The summed E-state index contributed by atoms with van der Waals surface area (Å²) in [5.41, 5.74) is 0. The Bertz CT molecular complexity index is 506. The fraction of sp³-hybridized carbons (Fsp3) is 1.00. The molecule has 190 valence electrons. The van der Waals surface area contributed by atoms with Gasteiger partial charge in [0, 0.05) is 0 Å². The van der Waals surface area contributed by atoms with Gasteiger partial charge in [-0.15, -0.1) is 0 Å². The van der Waals surface area contributed by atoms with Crippen LogP contribution in [0.2, 0.25) is 105 Å². The second-order valence-corrected chi connectivity index (χ2v) is 40.3. The Morgan fingerprint density at radius 1 is 0.545 bits per heavy atom. The van der Waals surface area contributed by atoms with Crippen LogP contribution in [0.15, 0.2) is 0 Å². The molecule has 2 radical (unpaired) electrons. The molecular weight excluding hydrogens is 1060 g/mol. The zero-order valence-corrected chi connectivity index (χ0v) is 45.1. The third kappa shape index (κ3) is 20.5. The molecule has 33 heavy (non-hydrogen) atoms. The molecule has 0 unspecified atom stereocenters. The minimum atomic E-state index is -2.08. The van der Waals surface area contributed by atoms with E-state index in [4.69, 9.17) is 28.8 Å². The van der Waals surface area contributed by atoms with Crippen molar-refractivity contribution in [2.24, 2.45) is 0 Å². The quantitative estimate of drug-likeness (QED) is 0.312. The van der Waals surface area contributed by atoms with Crippen molar-refractivity contribution in [2.45, 2.75) is 105 Å². The van der Waals surface area contributed by atoms with Crippen molar-refractivity contribution in [3.63, 3.8) is 0 Å². The van der Waals surface area contributed by atoms with Crippen LogP contribution >= 0.6 is 0 Å². The van der Waals surface area contributed by atoms with Crippen LogP contribution in [0.1, 0.15) is 0 Å². The van der Waals surface area contributed by atoms with Gasteiger partial charge in [-0.25, -0.2) is 0 Å². The molecule has 1 aliphatic rings. The molecule has 1 saturated heterocycles. The van der Waals surface area contributed by atoms with Gasteiger partial charge in [0.1, 0.15) is 0 Å². The summed E-state index contributed by atoms with van der Waals surface area (Å²) in [7, 11) is -13.7. The third-order valence-electron chi connectivity index (χ3n) is 2.93. The van der Waals surface area contributed by atoms with Crippen LogP contribution in [0.25, 0.3) is 0 Å². The SMILES string of the molecule is C[Si](C)(C)O[Si](O[Si](C)(C)C)O[Si](C)(C)C.C[Si]1O[Si](C)(C)O[Si](C)(C)O[Si](C)(C)O1.[Rf].[Rf]. The topological polar surface area (TPSA) is 64.6 Å². The molecule has 0 bridgehead atoms. The Morgan fingerprint density at radius 2 is 0.788 bits per heavy atom. The summed E-state index contributed by atoms with van der Waals surface area (Å²) in [6.45, 7) is 34.0. The van der Waals surface area contributed by atoms with Crippen molar-refractivity contribution in [3.8, 4) is 0 Å². The van der Waals surface area contributed by atoms with Crippen molar-refractivity contribution in [3.05, 3.63) is 0 Å². The van der Waals surface area contributed by atoms with Gasteiger partial charge in [-0.05, 0) is 105 Å². The summed E-state index contributed by atoms with van der Waals surface area (Å²) in [5, 5.41) is 0. The fourth-order valence-electron chi connectivity index (χ4n) is 2.77. The zero-order valence-electron chi connectivity index (χ0n) is 24.3. The van der Waals surface area contributed by atoms with Gasteiger partial charge in [-0.3, -0.25) is 0 Å². The molecule has 0 aromatic rings. The molecule has 7 nitrogen and oxygen atoms in total. The van der Waals surface area contributed by atoms with E-state index in [2.05, 4.69) is 98.2 Å². The number of hydrogen-bond donors (Lipinski definition) is 0. The molecule has 0 N–H and O–H groups in total.